The smallest absolute Gasteiger partial charge is 0.0468 e. The average Bonchev–Trinajstić information content (AvgIpc) is 2.38. The average molecular weight is 253 g/mol. The van der Waals surface area contributed by atoms with Crippen LogP contribution in [0.25, 0.3) is 0 Å². The van der Waals surface area contributed by atoms with E-state index in [1.807, 2.05) is 0 Å². The van der Waals surface area contributed by atoms with Gasteiger partial charge in [-0.1, -0.05) is 29.8 Å². The molecule has 0 aromatic heterocycles. The molecule has 1 saturated heterocycles. The molecule has 0 spiro atoms. The molecule has 1 atom stereocenters. The molecule has 1 unspecified atom stereocenters. The van der Waals surface area contributed by atoms with Crippen LogP contribution in [0.1, 0.15) is 36.3 Å². The van der Waals surface area contributed by atoms with Gasteiger partial charge < -0.3 is 4.74 Å². The standard InChI is InChI=1S/C15H21ClO/c1-12-2-4-14(5-3-12)15(11-16)10-13-6-8-17-9-7-13/h2-5,13,15H,6-11H2,1H3. The normalized spacial score (nSPS) is 19.2. The van der Waals surface area contributed by atoms with Crippen molar-refractivity contribution in [2.45, 2.75) is 32.1 Å². The summed E-state index contributed by atoms with van der Waals surface area (Å²) in [6, 6.07) is 8.81. The fourth-order valence-electron chi connectivity index (χ4n) is 2.51. The molecule has 1 aliphatic rings. The van der Waals surface area contributed by atoms with Gasteiger partial charge in [0.25, 0.3) is 0 Å². The predicted octanol–water partition coefficient (Wildman–Crippen LogP) is 4.13. The molecule has 1 fully saturated rings. The Morgan fingerprint density at radius 3 is 2.47 bits per heavy atom. The highest BCUT2D eigenvalue weighted by molar-refractivity contribution is 6.18. The van der Waals surface area contributed by atoms with E-state index in [0.29, 0.717) is 5.92 Å². The monoisotopic (exact) mass is 252 g/mol. The van der Waals surface area contributed by atoms with E-state index in [9.17, 15) is 0 Å². The molecule has 1 aromatic carbocycles. The van der Waals surface area contributed by atoms with Gasteiger partial charge in [-0.2, -0.15) is 0 Å². The molecule has 2 heteroatoms. The fourth-order valence-corrected chi connectivity index (χ4v) is 2.82. The Labute approximate surface area is 109 Å². The van der Waals surface area contributed by atoms with Crippen LogP contribution in [0, 0.1) is 12.8 Å². The molecule has 0 saturated carbocycles. The number of ether oxygens (including phenoxy) is 1. The van der Waals surface area contributed by atoms with E-state index in [-0.39, 0.29) is 0 Å². The maximum atomic E-state index is 6.13. The molecular formula is C15H21ClO. The molecule has 1 aromatic rings. The second kappa shape index (κ2) is 6.42. The van der Waals surface area contributed by atoms with Gasteiger partial charge in [0.2, 0.25) is 0 Å². The van der Waals surface area contributed by atoms with Gasteiger partial charge in [0.1, 0.15) is 0 Å². The van der Waals surface area contributed by atoms with Gasteiger partial charge in [0.05, 0.1) is 0 Å². The third kappa shape index (κ3) is 3.72. The van der Waals surface area contributed by atoms with Crippen LogP contribution in [-0.2, 0) is 4.74 Å². The van der Waals surface area contributed by atoms with E-state index in [1.165, 1.54) is 30.4 Å². The van der Waals surface area contributed by atoms with Crippen LogP contribution >= 0.6 is 11.6 Å². The maximum Gasteiger partial charge on any atom is 0.0468 e. The predicted molar refractivity (Wildman–Crippen MR) is 72.8 cm³/mol. The molecule has 0 N–H and O–H groups in total. The molecule has 0 aliphatic carbocycles. The summed E-state index contributed by atoms with van der Waals surface area (Å²) in [4.78, 5) is 0. The summed E-state index contributed by atoms with van der Waals surface area (Å²) in [5.41, 5.74) is 2.70. The second-order valence-corrected chi connectivity index (χ2v) is 5.36. The van der Waals surface area contributed by atoms with Crippen molar-refractivity contribution in [2.75, 3.05) is 19.1 Å². The Morgan fingerprint density at radius 1 is 1.24 bits per heavy atom. The second-order valence-electron chi connectivity index (χ2n) is 5.05. The third-order valence-corrected chi connectivity index (χ3v) is 4.07. The lowest BCUT2D eigenvalue weighted by Crippen LogP contribution is -2.18. The highest BCUT2D eigenvalue weighted by atomic mass is 35.5. The van der Waals surface area contributed by atoms with Gasteiger partial charge >= 0.3 is 0 Å². The Hall–Kier alpha value is -0.530. The number of halogens is 1. The largest absolute Gasteiger partial charge is 0.381 e. The van der Waals surface area contributed by atoms with Gasteiger partial charge in [0, 0.05) is 19.1 Å². The summed E-state index contributed by atoms with van der Waals surface area (Å²) in [6.07, 6.45) is 3.59. The molecule has 0 radical (unpaired) electrons. The number of hydrogen-bond donors (Lipinski definition) is 0. The maximum absolute atomic E-state index is 6.13. The highest BCUT2D eigenvalue weighted by Gasteiger charge is 2.19. The van der Waals surface area contributed by atoms with Gasteiger partial charge in [-0.25, -0.2) is 0 Å². The first-order chi connectivity index (χ1) is 8.29. The van der Waals surface area contributed by atoms with Gasteiger partial charge in [-0.3, -0.25) is 0 Å². The van der Waals surface area contributed by atoms with Gasteiger partial charge in [0.15, 0.2) is 0 Å². The van der Waals surface area contributed by atoms with Crippen LogP contribution in [0.5, 0.6) is 0 Å². The first-order valence-electron chi connectivity index (χ1n) is 6.50. The fraction of sp³-hybridized carbons (Fsp3) is 0.600. The Bertz CT molecular complexity index is 327. The minimum atomic E-state index is 0.500. The zero-order valence-electron chi connectivity index (χ0n) is 10.5. The topological polar surface area (TPSA) is 9.23 Å². The summed E-state index contributed by atoms with van der Waals surface area (Å²) in [5.74, 6) is 2.01. The molecule has 94 valence electrons. The molecule has 1 heterocycles. The van der Waals surface area contributed by atoms with Crippen LogP contribution in [0.2, 0.25) is 0 Å². The SMILES string of the molecule is Cc1ccc(C(CCl)CC2CCOCC2)cc1. The molecule has 0 bridgehead atoms. The van der Waals surface area contributed by atoms with E-state index in [0.717, 1.165) is 25.0 Å². The zero-order chi connectivity index (χ0) is 12.1. The van der Waals surface area contributed by atoms with Crippen molar-refractivity contribution in [1.29, 1.82) is 0 Å². The minimum Gasteiger partial charge on any atom is -0.381 e. The van der Waals surface area contributed by atoms with E-state index in [1.54, 1.807) is 0 Å². The van der Waals surface area contributed by atoms with Crippen molar-refractivity contribution < 1.29 is 4.74 Å². The van der Waals surface area contributed by atoms with Crippen molar-refractivity contribution in [2.24, 2.45) is 5.92 Å². The number of alkyl halides is 1. The van der Waals surface area contributed by atoms with E-state index in [2.05, 4.69) is 31.2 Å². The third-order valence-electron chi connectivity index (χ3n) is 3.69. The van der Waals surface area contributed by atoms with Crippen LogP contribution in [0.3, 0.4) is 0 Å². The van der Waals surface area contributed by atoms with Crippen molar-refractivity contribution >= 4 is 11.6 Å². The van der Waals surface area contributed by atoms with Gasteiger partial charge in [-0.15, -0.1) is 11.6 Å². The Kier molecular flexibility index (Phi) is 4.87. The van der Waals surface area contributed by atoms with Crippen LogP contribution < -0.4 is 0 Å². The van der Waals surface area contributed by atoms with E-state index >= 15 is 0 Å². The summed E-state index contributed by atoms with van der Waals surface area (Å²) in [7, 11) is 0. The lowest BCUT2D eigenvalue weighted by molar-refractivity contribution is 0.0622. The lowest BCUT2D eigenvalue weighted by Gasteiger charge is -2.26. The van der Waals surface area contributed by atoms with Crippen molar-refractivity contribution in [3.63, 3.8) is 0 Å². The number of rotatable bonds is 4. The molecule has 17 heavy (non-hydrogen) atoms. The highest BCUT2D eigenvalue weighted by Crippen LogP contribution is 2.30. The first-order valence-corrected chi connectivity index (χ1v) is 7.03. The Balaban J connectivity index is 1.97. The van der Waals surface area contributed by atoms with Crippen molar-refractivity contribution in [3.8, 4) is 0 Å². The number of hydrogen-bond acceptors (Lipinski definition) is 1. The molecular weight excluding hydrogens is 232 g/mol. The van der Waals surface area contributed by atoms with Crippen molar-refractivity contribution in [3.05, 3.63) is 35.4 Å². The molecule has 2 rings (SSSR count). The summed E-state index contributed by atoms with van der Waals surface area (Å²) in [5, 5.41) is 0. The van der Waals surface area contributed by atoms with Crippen LogP contribution in [-0.4, -0.2) is 19.1 Å². The Morgan fingerprint density at radius 2 is 1.88 bits per heavy atom. The first kappa shape index (κ1) is 12.9. The number of benzene rings is 1. The van der Waals surface area contributed by atoms with E-state index in [4.69, 9.17) is 16.3 Å². The lowest BCUT2D eigenvalue weighted by atomic mass is 9.86. The summed E-state index contributed by atoms with van der Waals surface area (Å²) < 4.78 is 5.40. The quantitative estimate of drug-likeness (QED) is 0.732. The molecule has 1 nitrogen and oxygen atoms in total. The van der Waals surface area contributed by atoms with Crippen molar-refractivity contribution in [1.82, 2.24) is 0 Å². The van der Waals surface area contributed by atoms with Crippen LogP contribution in [0.4, 0.5) is 0 Å². The van der Waals surface area contributed by atoms with E-state index < -0.39 is 0 Å². The summed E-state index contributed by atoms with van der Waals surface area (Å²) >= 11 is 6.13. The molecule has 1 aliphatic heterocycles. The summed E-state index contributed by atoms with van der Waals surface area (Å²) in [6.45, 7) is 3.97. The molecule has 0 amide bonds. The zero-order valence-corrected chi connectivity index (χ0v) is 11.2. The van der Waals surface area contributed by atoms with Crippen LogP contribution in [0.15, 0.2) is 24.3 Å². The number of aryl methyl sites for hydroxylation is 1. The van der Waals surface area contributed by atoms with Gasteiger partial charge in [-0.05, 0) is 43.6 Å². The minimum absolute atomic E-state index is 0.500.